The van der Waals surface area contributed by atoms with E-state index in [0.717, 1.165) is 38.5 Å². The molecule has 0 saturated carbocycles. The van der Waals surface area contributed by atoms with Gasteiger partial charge in [0.1, 0.15) is 32.3 Å². The minimum atomic E-state index is -4.72. The SMILES string of the molecule is CCCCCCCCCCCCCc1c(S(=O)(=O)O)ccc(Oc2ccccc2)c1O.CCCCCCCCCCCCCc1c(S(=O)(=O)[O-])ccc(Oc2ccccc2)c1[O-].[Ca+2]. The summed E-state index contributed by atoms with van der Waals surface area (Å²) in [5.41, 5.74) is 0.256. The van der Waals surface area contributed by atoms with Crippen LogP contribution in [0, 0.1) is 0 Å². The van der Waals surface area contributed by atoms with Gasteiger partial charge in [-0.3, -0.25) is 4.55 Å². The number of ether oxygens (including phenoxy) is 2. The van der Waals surface area contributed by atoms with E-state index in [1.54, 1.807) is 36.4 Å². The smallest absolute Gasteiger partial charge is 0.870 e. The van der Waals surface area contributed by atoms with Gasteiger partial charge >= 0.3 is 37.7 Å². The zero-order chi connectivity index (χ0) is 45.1. The molecule has 0 aliphatic rings. The van der Waals surface area contributed by atoms with Crippen LogP contribution in [-0.2, 0) is 33.1 Å². The molecule has 0 unspecified atom stereocenters. The third kappa shape index (κ3) is 22.3. The van der Waals surface area contributed by atoms with Gasteiger partial charge in [0.15, 0.2) is 11.5 Å². The second-order valence-corrected chi connectivity index (χ2v) is 18.8. The monoisotopic (exact) mass is 934 g/mol. The molecule has 344 valence electrons. The largest absolute Gasteiger partial charge is 2.00 e. The molecule has 0 aromatic heterocycles. The van der Waals surface area contributed by atoms with Crippen LogP contribution in [0.15, 0.2) is 94.7 Å². The Labute approximate surface area is 408 Å². The summed E-state index contributed by atoms with van der Waals surface area (Å²) >= 11 is 0. The van der Waals surface area contributed by atoms with E-state index in [0.29, 0.717) is 24.3 Å². The first-order valence-electron chi connectivity index (χ1n) is 22.9. The van der Waals surface area contributed by atoms with Crippen molar-refractivity contribution >= 4 is 58.0 Å². The molecule has 0 spiro atoms. The van der Waals surface area contributed by atoms with Crippen molar-refractivity contribution in [2.45, 2.75) is 178 Å². The van der Waals surface area contributed by atoms with Gasteiger partial charge in [-0.05, 0) is 79.8 Å². The minimum absolute atomic E-state index is 0. The van der Waals surface area contributed by atoms with Crippen LogP contribution in [-0.4, -0.2) is 68.8 Å². The summed E-state index contributed by atoms with van der Waals surface area (Å²) < 4.78 is 79.4. The Morgan fingerprint density at radius 2 is 0.825 bits per heavy atom. The molecular weight excluding hydrogens is 865 g/mol. The summed E-state index contributed by atoms with van der Waals surface area (Å²) in [7, 11) is -9.14. The predicted octanol–water partition coefficient (Wildman–Crippen LogP) is 13.2. The van der Waals surface area contributed by atoms with E-state index < -0.39 is 30.9 Å². The average molecular weight is 935 g/mol. The van der Waals surface area contributed by atoms with E-state index in [1.165, 1.54) is 121 Å². The summed E-state index contributed by atoms with van der Waals surface area (Å²) in [5, 5.41) is 23.5. The molecule has 0 amide bonds. The standard InChI is InChI=1S/2C25H36O5S.Ca/c2*1-2-3-4-5-6-7-8-9-10-11-15-18-22-24(31(27,28)29)20-19-23(25(22)26)30-21-16-13-12-14-17-21;/h2*12-14,16-17,19-20,26H,2-11,15,18H2,1H3,(H,27,28,29);/q;;+2/p-2. The van der Waals surface area contributed by atoms with Crippen LogP contribution in [0.4, 0.5) is 0 Å². The Morgan fingerprint density at radius 3 is 1.22 bits per heavy atom. The fourth-order valence-corrected chi connectivity index (χ4v) is 8.95. The van der Waals surface area contributed by atoms with Crippen LogP contribution in [0.2, 0.25) is 0 Å². The zero-order valence-electron chi connectivity index (χ0n) is 37.7. The molecule has 0 fully saturated rings. The summed E-state index contributed by atoms with van der Waals surface area (Å²) in [6, 6.07) is 22.9. The molecule has 4 aromatic carbocycles. The molecule has 4 rings (SSSR count). The number of hydrogen-bond donors (Lipinski definition) is 2. The number of para-hydroxylation sites is 2. The maximum absolute atomic E-state index is 12.8. The fraction of sp³-hybridized carbons (Fsp3) is 0.520. The Morgan fingerprint density at radius 1 is 0.476 bits per heavy atom. The van der Waals surface area contributed by atoms with E-state index >= 15 is 0 Å². The van der Waals surface area contributed by atoms with Crippen molar-refractivity contribution in [1.29, 1.82) is 0 Å². The number of rotatable bonds is 30. The van der Waals surface area contributed by atoms with Gasteiger partial charge in [0.2, 0.25) is 0 Å². The quantitative estimate of drug-likeness (QED) is 0.0291. The van der Waals surface area contributed by atoms with Gasteiger partial charge in [-0.25, -0.2) is 8.42 Å². The van der Waals surface area contributed by atoms with Crippen LogP contribution in [0.25, 0.3) is 0 Å². The first-order valence-corrected chi connectivity index (χ1v) is 25.8. The van der Waals surface area contributed by atoms with Gasteiger partial charge in [-0.15, -0.1) is 0 Å². The van der Waals surface area contributed by atoms with Crippen LogP contribution in [0.1, 0.15) is 166 Å². The van der Waals surface area contributed by atoms with E-state index in [9.17, 15) is 36.2 Å². The molecule has 0 saturated heterocycles. The first-order chi connectivity index (χ1) is 29.9. The van der Waals surface area contributed by atoms with Crippen LogP contribution in [0.5, 0.6) is 34.5 Å². The topological polar surface area (TPSA) is 173 Å². The molecule has 0 atom stereocenters. The van der Waals surface area contributed by atoms with Gasteiger partial charge in [0.25, 0.3) is 10.1 Å². The second kappa shape index (κ2) is 31.9. The van der Waals surface area contributed by atoms with E-state index in [4.69, 9.17) is 9.47 Å². The molecule has 2 N–H and O–H groups in total. The molecule has 63 heavy (non-hydrogen) atoms. The third-order valence-corrected chi connectivity index (χ3v) is 12.8. The molecular formula is C50H70CaO10S2. The van der Waals surface area contributed by atoms with Gasteiger partial charge in [-0.1, -0.05) is 184 Å². The van der Waals surface area contributed by atoms with Crippen LogP contribution < -0.4 is 14.6 Å². The normalized spacial score (nSPS) is 11.4. The Bertz CT molecular complexity index is 1910. The molecule has 0 aliphatic carbocycles. The maximum Gasteiger partial charge on any atom is 2.00 e. The predicted molar refractivity (Wildman–Crippen MR) is 251 cm³/mol. The van der Waals surface area contributed by atoms with Gasteiger partial charge in [0.05, 0.1) is 4.90 Å². The number of aromatic hydroxyl groups is 1. The summed E-state index contributed by atoms with van der Waals surface area (Å²) in [4.78, 5) is -0.678. The molecule has 10 nitrogen and oxygen atoms in total. The van der Waals surface area contributed by atoms with Crippen molar-refractivity contribution < 1.29 is 45.6 Å². The summed E-state index contributed by atoms with van der Waals surface area (Å²) in [5.74, 6) is 0.489. The van der Waals surface area contributed by atoms with E-state index in [-0.39, 0.29) is 77.4 Å². The zero-order valence-corrected chi connectivity index (χ0v) is 41.6. The van der Waals surface area contributed by atoms with Crippen molar-refractivity contribution in [1.82, 2.24) is 0 Å². The molecule has 4 aromatic rings. The molecule has 13 heteroatoms. The summed E-state index contributed by atoms with van der Waals surface area (Å²) in [6.45, 7) is 4.45. The Hall–Kier alpha value is -2.84. The Balaban J connectivity index is 0.000000427. The van der Waals surface area contributed by atoms with Crippen LogP contribution >= 0.6 is 0 Å². The van der Waals surface area contributed by atoms with Crippen molar-refractivity contribution in [3.05, 3.63) is 96.1 Å². The second-order valence-electron chi connectivity index (χ2n) is 16.1. The minimum Gasteiger partial charge on any atom is -0.870 e. The van der Waals surface area contributed by atoms with Crippen molar-refractivity contribution in [2.24, 2.45) is 0 Å². The van der Waals surface area contributed by atoms with Crippen molar-refractivity contribution in [2.75, 3.05) is 0 Å². The summed E-state index contributed by atoms with van der Waals surface area (Å²) in [6.07, 6.45) is 26.4. The number of phenolic OH excluding ortho intramolecular Hbond substituents is 1. The maximum atomic E-state index is 12.8. The molecule has 0 heterocycles. The van der Waals surface area contributed by atoms with Crippen LogP contribution in [0.3, 0.4) is 0 Å². The van der Waals surface area contributed by atoms with Gasteiger partial charge < -0.3 is 24.2 Å². The average Bonchev–Trinajstić information content (AvgIpc) is 3.24. The molecule has 0 bridgehead atoms. The van der Waals surface area contributed by atoms with Crippen molar-refractivity contribution in [3.63, 3.8) is 0 Å². The Kier molecular flexibility index (Phi) is 28.5. The number of phenols is 1. The molecule has 0 aliphatic heterocycles. The van der Waals surface area contributed by atoms with Crippen molar-refractivity contribution in [3.8, 4) is 34.5 Å². The van der Waals surface area contributed by atoms with E-state index in [2.05, 4.69) is 13.8 Å². The number of benzene rings is 4. The molecule has 0 radical (unpaired) electrons. The number of unbranched alkanes of at least 4 members (excludes halogenated alkanes) is 20. The van der Waals surface area contributed by atoms with E-state index in [1.807, 2.05) is 24.3 Å². The fourth-order valence-electron chi connectivity index (χ4n) is 7.46. The number of hydrogen-bond acceptors (Lipinski definition) is 9. The third-order valence-electron chi connectivity index (χ3n) is 10.9. The first kappa shape index (κ1) is 56.3. The van der Waals surface area contributed by atoms with Gasteiger partial charge in [-0.2, -0.15) is 8.42 Å². The van der Waals surface area contributed by atoms with Gasteiger partial charge in [0, 0.05) is 5.56 Å².